The molecule has 1 aliphatic rings. The summed E-state index contributed by atoms with van der Waals surface area (Å²) in [4.78, 5) is 22.8. The minimum atomic E-state index is -3.42. The lowest BCUT2D eigenvalue weighted by molar-refractivity contribution is -0.159. The molecule has 1 N–H and O–H groups in total. The van der Waals surface area contributed by atoms with Crippen molar-refractivity contribution in [1.29, 1.82) is 0 Å². The predicted octanol–water partition coefficient (Wildman–Crippen LogP) is 0.965. The van der Waals surface area contributed by atoms with Gasteiger partial charge in [-0.05, 0) is 12.8 Å². The van der Waals surface area contributed by atoms with Gasteiger partial charge in [0.15, 0.2) is 0 Å². The van der Waals surface area contributed by atoms with Crippen LogP contribution in [0.25, 0.3) is 0 Å². The molecular formula is C9H13F2NO3. The highest BCUT2D eigenvalue weighted by molar-refractivity contribution is 5.83. The molecule has 0 aliphatic carbocycles. The first kappa shape index (κ1) is 11.9. The normalized spacial score (nSPS) is 22.6. The number of carboxylic acids is 1. The van der Waals surface area contributed by atoms with Crippen molar-refractivity contribution < 1.29 is 23.5 Å². The Balaban J connectivity index is 2.64. The molecule has 6 heteroatoms. The van der Waals surface area contributed by atoms with Crippen LogP contribution >= 0.6 is 0 Å². The zero-order valence-corrected chi connectivity index (χ0v) is 8.37. The van der Waals surface area contributed by atoms with E-state index in [1.54, 1.807) is 0 Å². The minimum Gasteiger partial charge on any atom is -0.481 e. The highest BCUT2D eigenvalue weighted by Crippen LogP contribution is 2.22. The molecule has 1 atom stereocenters. The number of hydrogen-bond donors (Lipinski definition) is 1. The molecule has 1 aliphatic heterocycles. The maximum atomic E-state index is 12.7. The van der Waals surface area contributed by atoms with Gasteiger partial charge in [0.25, 0.3) is 5.91 Å². The van der Waals surface area contributed by atoms with Crippen LogP contribution in [-0.2, 0) is 9.59 Å². The minimum absolute atomic E-state index is 0.113. The molecule has 0 aromatic heterocycles. The Bertz CT molecular complexity index is 275. The van der Waals surface area contributed by atoms with E-state index in [2.05, 4.69) is 0 Å². The molecule has 86 valence electrons. The summed E-state index contributed by atoms with van der Waals surface area (Å²) >= 11 is 0. The number of hydrogen-bond acceptors (Lipinski definition) is 2. The number of likely N-dealkylation sites (tertiary alicyclic amines) is 1. The lowest BCUT2D eigenvalue weighted by atomic mass is 9.98. The van der Waals surface area contributed by atoms with E-state index in [0.717, 1.165) is 4.90 Å². The fraction of sp³-hybridized carbons (Fsp3) is 0.778. The molecule has 15 heavy (non-hydrogen) atoms. The third-order valence-electron chi connectivity index (χ3n) is 2.43. The number of nitrogens with zero attached hydrogens (tertiary/aromatic N) is 1. The van der Waals surface area contributed by atoms with Crippen LogP contribution in [0.2, 0.25) is 0 Å². The van der Waals surface area contributed by atoms with Crippen LogP contribution in [0.5, 0.6) is 0 Å². The Morgan fingerprint density at radius 3 is 2.53 bits per heavy atom. The standard InChI is InChI=1S/C9H13F2NO3/c1-9(10,11)8(15)12-4-2-3-6(5-12)7(13)14/h6H,2-5H2,1H3,(H,13,14)/t6-/m1/s1. The van der Waals surface area contributed by atoms with E-state index in [-0.39, 0.29) is 13.1 Å². The fourth-order valence-electron chi connectivity index (χ4n) is 1.64. The van der Waals surface area contributed by atoms with E-state index >= 15 is 0 Å². The number of rotatable bonds is 2. The zero-order chi connectivity index (χ0) is 11.6. The number of alkyl halides is 2. The Morgan fingerprint density at radius 2 is 2.07 bits per heavy atom. The summed E-state index contributed by atoms with van der Waals surface area (Å²) in [6.07, 6.45) is 0.896. The molecule has 1 heterocycles. The largest absolute Gasteiger partial charge is 0.481 e. The summed E-state index contributed by atoms with van der Waals surface area (Å²) in [6.45, 7) is 0.628. The van der Waals surface area contributed by atoms with Crippen LogP contribution in [0.3, 0.4) is 0 Å². The van der Waals surface area contributed by atoms with Gasteiger partial charge in [-0.1, -0.05) is 0 Å². The third kappa shape index (κ3) is 2.87. The molecule has 1 rings (SSSR count). The van der Waals surface area contributed by atoms with Gasteiger partial charge in [0.1, 0.15) is 0 Å². The monoisotopic (exact) mass is 221 g/mol. The number of amides is 1. The van der Waals surface area contributed by atoms with Crippen molar-refractivity contribution in [2.45, 2.75) is 25.7 Å². The van der Waals surface area contributed by atoms with Gasteiger partial charge >= 0.3 is 11.9 Å². The highest BCUT2D eigenvalue weighted by atomic mass is 19.3. The van der Waals surface area contributed by atoms with Crippen LogP contribution in [0.1, 0.15) is 19.8 Å². The van der Waals surface area contributed by atoms with Crippen molar-refractivity contribution in [1.82, 2.24) is 4.90 Å². The van der Waals surface area contributed by atoms with Gasteiger partial charge in [-0.15, -0.1) is 0 Å². The number of halogens is 2. The van der Waals surface area contributed by atoms with Crippen molar-refractivity contribution in [2.75, 3.05) is 13.1 Å². The summed E-state index contributed by atoms with van der Waals surface area (Å²) < 4.78 is 25.4. The van der Waals surface area contributed by atoms with Crippen molar-refractivity contribution in [3.05, 3.63) is 0 Å². The fourth-order valence-corrected chi connectivity index (χ4v) is 1.64. The number of aliphatic carboxylic acids is 1. The lowest BCUT2D eigenvalue weighted by Gasteiger charge is -2.32. The summed E-state index contributed by atoms with van der Waals surface area (Å²) in [5, 5.41) is 8.72. The molecule has 0 bridgehead atoms. The molecule has 1 fully saturated rings. The smallest absolute Gasteiger partial charge is 0.322 e. The lowest BCUT2D eigenvalue weighted by Crippen LogP contribution is -2.48. The second-order valence-corrected chi connectivity index (χ2v) is 3.82. The van der Waals surface area contributed by atoms with Crippen LogP contribution in [0.4, 0.5) is 8.78 Å². The van der Waals surface area contributed by atoms with E-state index in [9.17, 15) is 18.4 Å². The third-order valence-corrected chi connectivity index (χ3v) is 2.43. The van der Waals surface area contributed by atoms with Crippen molar-refractivity contribution in [3.63, 3.8) is 0 Å². The van der Waals surface area contributed by atoms with Gasteiger partial charge in [0, 0.05) is 20.0 Å². The number of carbonyl (C=O) groups excluding carboxylic acids is 1. The molecule has 1 amide bonds. The average Bonchev–Trinajstić information content (AvgIpc) is 2.15. The van der Waals surface area contributed by atoms with E-state index in [1.165, 1.54) is 0 Å². The molecule has 0 saturated carbocycles. The first-order chi connectivity index (χ1) is 6.82. The quantitative estimate of drug-likeness (QED) is 0.755. The van der Waals surface area contributed by atoms with Crippen LogP contribution in [0, 0.1) is 5.92 Å². The summed E-state index contributed by atoms with van der Waals surface area (Å²) in [5.41, 5.74) is 0. The molecule has 0 spiro atoms. The molecule has 0 aromatic rings. The predicted molar refractivity (Wildman–Crippen MR) is 47.6 cm³/mol. The number of carbonyl (C=O) groups is 2. The SMILES string of the molecule is CC(F)(F)C(=O)N1CCC[C@@H](C(=O)O)C1. The van der Waals surface area contributed by atoms with Gasteiger partial charge in [-0.25, -0.2) is 0 Å². The number of piperidine rings is 1. The summed E-state index contributed by atoms with van der Waals surface area (Å²) in [6, 6.07) is 0. The van der Waals surface area contributed by atoms with Gasteiger partial charge in [0.05, 0.1) is 5.92 Å². The Hall–Kier alpha value is -1.20. The van der Waals surface area contributed by atoms with Crippen LogP contribution in [-0.4, -0.2) is 40.9 Å². The first-order valence-corrected chi connectivity index (χ1v) is 4.72. The first-order valence-electron chi connectivity index (χ1n) is 4.72. The molecule has 1 saturated heterocycles. The zero-order valence-electron chi connectivity index (χ0n) is 8.37. The van der Waals surface area contributed by atoms with E-state index in [0.29, 0.717) is 19.8 Å². The molecule has 0 unspecified atom stereocenters. The molecule has 0 radical (unpaired) electrons. The van der Waals surface area contributed by atoms with E-state index < -0.39 is 23.7 Å². The second kappa shape index (κ2) is 4.12. The summed E-state index contributed by atoms with van der Waals surface area (Å²) in [5.74, 6) is -6.45. The molecule has 0 aromatic carbocycles. The van der Waals surface area contributed by atoms with E-state index in [1.807, 2.05) is 0 Å². The van der Waals surface area contributed by atoms with Crippen molar-refractivity contribution >= 4 is 11.9 Å². The Morgan fingerprint density at radius 1 is 1.47 bits per heavy atom. The van der Waals surface area contributed by atoms with Gasteiger partial charge in [-0.3, -0.25) is 9.59 Å². The van der Waals surface area contributed by atoms with Crippen molar-refractivity contribution in [3.8, 4) is 0 Å². The Kier molecular flexibility index (Phi) is 3.26. The maximum Gasteiger partial charge on any atom is 0.322 e. The Labute approximate surface area is 85.9 Å². The van der Waals surface area contributed by atoms with Gasteiger partial charge in [-0.2, -0.15) is 8.78 Å². The van der Waals surface area contributed by atoms with Gasteiger partial charge < -0.3 is 10.0 Å². The maximum absolute atomic E-state index is 12.7. The second-order valence-electron chi connectivity index (χ2n) is 3.82. The molecule has 4 nitrogen and oxygen atoms in total. The van der Waals surface area contributed by atoms with Crippen molar-refractivity contribution in [2.24, 2.45) is 5.92 Å². The topological polar surface area (TPSA) is 57.6 Å². The van der Waals surface area contributed by atoms with Gasteiger partial charge in [0.2, 0.25) is 0 Å². The van der Waals surface area contributed by atoms with E-state index in [4.69, 9.17) is 5.11 Å². The van der Waals surface area contributed by atoms with Crippen LogP contribution in [0.15, 0.2) is 0 Å². The highest BCUT2D eigenvalue weighted by Gasteiger charge is 2.39. The van der Waals surface area contributed by atoms with Crippen LogP contribution < -0.4 is 0 Å². The molecular weight excluding hydrogens is 208 g/mol. The average molecular weight is 221 g/mol. The summed E-state index contributed by atoms with van der Waals surface area (Å²) in [7, 11) is 0. The number of carboxylic acid groups (broad SMARTS) is 1.